The number of aliphatic hydroxyl groups is 1. The maximum Gasteiger partial charge on any atom is 0.333 e. The average Bonchev–Trinajstić information content (AvgIpc) is 3.01. The summed E-state index contributed by atoms with van der Waals surface area (Å²) in [5, 5.41) is 9.72. The first-order valence-corrected chi connectivity index (χ1v) is 9.40. The van der Waals surface area contributed by atoms with E-state index in [0.29, 0.717) is 16.0 Å². The number of benzene rings is 1. The second-order valence-corrected chi connectivity index (χ2v) is 8.00. The number of aromatic nitrogens is 2. The largest absolute Gasteiger partial charge is 0.392 e. The fourth-order valence-electron chi connectivity index (χ4n) is 2.71. The Morgan fingerprint density at radius 2 is 2.07 bits per heavy atom. The highest BCUT2D eigenvalue weighted by atomic mass is 35.5. The lowest BCUT2D eigenvalue weighted by Crippen LogP contribution is -2.34. The summed E-state index contributed by atoms with van der Waals surface area (Å²) in [4.78, 5) is 42.5. The first-order valence-electron chi connectivity index (χ1n) is 8.21. The van der Waals surface area contributed by atoms with Gasteiger partial charge in [0.25, 0.3) is 11.5 Å². The smallest absolute Gasteiger partial charge is 0.333 e. The van der Waals surface area contributed by atoms with Gasteiger partial charge in [0, 0.05) is 13.1 Å². The van der Waals surface area contributed by atoms with Gasteiger partial charge in [0.1, 0.15) is 4.34 Å². The molecule has 27 heavy (non-hydrogen) atoms. The minimum Gasteiger partial charge on any atom is -0.392 e. The van der Waals surface area contributed by atoms with Gasteiger partial charge in [0.15, 0.2) is 0 Å². The van der Waals surface area contributed by atoms with E-state index in [0.717, 1.165) is 15.9 Å². The van der Waals surface area contributed by atoms with Gasteiger partial charge in [-0.1, -0.05) is 23.7 Å². The predicted molar refractivity (Wildman–Crippen MR) is 106 cm³/mol. The summed E-state index contributed by atoms with van der Waals surface area (Å²) in [7, 11) is 1.67. The third kappa shape index (κ3) is 3.31. The van der Waals surface area contributed by atoms with E-state index >= 15 is 0 Å². The molecule has 0 radical (unpaired) electrons. The van der Waals surface area contributed by atoms with E-state index in [1.54, 1.807) is 30.1 Å². The normalized spacial score (nSPS) is 11.3. The van der Waals surface area contributed by atoms with Crippen molar-refractivity contribution in [1.82, 2.24) is 14.5 Å². The van der Waals surface area contributed by atoms with Crippen molar-refractivity contribution in [3.8, 4) is 5.69 Å². The zero-order valence-corrected chi connectivity index (χ0v) is 16.5. The molecular weight excluding hydrogens is 390 g/mol. The van der Waals surface area contributed by atoms with Gasteiger partial charge in [0.2, 0.25) is 0 Å². The summed E-state index contributed by atoms with van der Waals surface area (Å²) in [6.45, 7) is 3.41. The molecule has 0 aliphatic rings. The zero-order valence-electron chi connectivity index (χ0n) is 14.9. The number of nitrogens with zero attached hydrogens (tertiary/aromatic N) is 2. The molecule has 2 heterocycles. The minimum absolute atomic E-state index is 0.0132. The topological polar surface area (TPSA) is 95.4 Å². The van der Waals surface area contributed by atoms with Crippen molar-refractivity contribution < 1.29 is 9.90 Å². The number of amides is 1. The molecule has 0 atom stereocenters. The number of rotatable bonds is 4. The molecule has 9 heteroatoms. The molecule has 0 saturated heterocycles. The first kappa shape index (κ1) is 19.3. The van der Waals surface area contributed by atoms with Crippen LogP contribution in [0.2, 0.25) is 4.34 Å². The predicted octanol–water partition coefficient (Wildman–Crippen LogP) is 2.37. The van der Waals surface area contributed by atoms with Gasteiger partial charge in [-0.25, -0.2) is 9.36 Å². The first-order chi connectivity index (χ1) is 12.8. The van der Waals surface area contributed by atoms with Gasteiger partial charge in [-0.15, -0.1) is 11.3 Å². The number of hydrogen-bond acceptors (Lipinski definition) is 5. The summed E-state index contributed by atoms with van der Waals surface area (Å²) >= 11 is 7.27. The van der Waals surface area contributed by atoms with Crippen LogP contribution in [0.4, 0.5) is 0 Å². The van der Waals surface area contributed by atoms with Crippen molar-refractivity contribution in [1.29, 1.82) is 0 Å². The van der Waals surface area contributed by atoms with Gasteiger partial charge in [0.05, 0.1) is 28.1 Å². The standard InChI is InChI=1S/C18H18ClN3O4S/c1-9(2)21(3)16(24)13-7-12(15(19)27-13)22-17(25)14-10(8-23)5-4-6-11(14)20-18(22)26/h4-7,9,23H,8H2,1-3H3,(H,20,26). The molecule has 2 aromatic heterocycles. The van der Waals surface area contributed by atoms with E-state index in [-0.39, 0.29) is 34.0 Å². The fourth-order valence-corrected chi connectivity index (χ4v) is 3.95. The molecule has 0 spiro atoms. The lowest BCUT2D eigenvalue weighted by molar-refractivity contribution is 0.0760. The summed E-state index contributed by atoms with van der Waals surface area (Å²) < 4.78 is 1.05. The number of H-pyrrole nitrogens is 1. The molecule has 3 aromatic rings. The van der Waals surface area contributed by atoms with E-state index < -0.39 is 11.2 Å². The Labute approximate surface area is 163 Å². The third-order valence-electron chi connectivity index (χ3n) is 4.40. The van der Waals surface area contributed by atoms with Crippen molar-refractivity contribution in [3.63, 3.8) is 0 Å². The second-order valence-electron chi connectivity index (χ2n) is 6.35. The summed E-state index contributed by atoms with van der Waals surface area (Å²) in [5.41, 5.74) is -0.407. The molecule has 1 aromatic carbocycles. The van der Waals surface area contributed by atoms with E-state index in [1.165, 1.54) is 6.07 Å². The van der Waals surface area contributed by atoms with Crippen molar-refractivity contribution in [3.05, 3.63) is 59.9 Å². The van der Waals surface area contributed by atoms with E-state index in [4.69, 9.17) is 11.6 Å². The maximum atomic E-state index is 13.0. The van der Waals surface area contributed by atoms with Gasteiger partial charge in [-0.3, -0.25) is 9.59 Å². The Morgan fingerprint density at radius 3 is 2.70 bits per heavy atom. The summed E-state index contributed by atoms with van der Waals surface area (Å²) in [6.07, 6.45) is 0. The van der Waals surface area contributed by atoms with Crippen LogP contribution in [0.25, 0.3) is 16.6 Å². The Bertz CT molecular complexity index is 1150. The van der Waals surface area contributed by atoms with Crippen LogP contribution < -0.4 is 11.2 Å². The van der Waals surface area contributed by atoms with Crippen molar-refractivity contribution >= 4 is 39.7 Å². The molecular formula is C18H18ClN3O4S. The SMILES string of the molecule is CC(C)N(C)C(=O)c1cc(-n2c(=O)[nH]c3cccc(CO)c3c2=O)c(Cl)s1. The van der Waals surface area contributed by atoms with Crippen molar-refractivity contribution in [2.24, 2.45) is 0 Å². The van der Waals surface area contributed by atoms with Crippen molar-refractivity contribution in [2.45, 2.75) is 26.5 Å². The highest BCUT2D eigenvalue weighted by molar-refractivity contribution is 7.18. The van der Waals surface area contributed by atoms with Crippen LogP contribution in [-0.4, -0.2) is 38.6 Å². The van der Waals surface area contributed by atoms with Crippen LogP contribution in [-0.2, 0) is 6.61 Å². The molecule has 142 valence electrons. The quantitative estimate of drug-likeness (QED) is 0.694. The van der Waals surface area contributed by atoms with Crippen LogP contribution in [0.1, 0.15) is 29.1 Å². The number of aliphatic hydroxyl groups excluding tert-OH is 1. The number of aromatic amines is 1. The van der Waals surface area contributed by atoms with E-state index in [1.807, 2.05) is 13.8 Å². The van der Waals surface area contributed by atoms with E-state index in [9.17, 15) is 19.5 Å². The van der Waals surface area contributed by atoms with Gasteiger partial charge in [-0.05, 0) is 31.5 Å². The second kappa shape index (κ2) is 7.30. The molecule has 0 fully saturated rings. The van der Waals surface area contributed by atoms with E-state index in [2.05, 4.69) is 4.98 Å². The van der Waals surface area contributed by atoms with Crippen molar-refractivity contribution in [2.75, 3.05) is 7.05 Å². The van der Waals surface area contributed by atoms with Crippen LogP contribution in [0, 0.1) is 0 Å². The van der Waals surface area contributed by atoms with Gasteiger partial charge >= 0.3 is 5.69 Å². The van der Waals surface area contributed by atoms with Crippen LogP contribution in [0.15, 0.2) is 33.9 Å². The minimum atomic E-state index is -0.668. The molecule has 0 saturated carbocycles. The summed E-state index contributed by atoms with van der Waals surface area (Å²) in [5.74, 6) is -0.246. The Hall–Kier alpha value is -2.42. The van der Waals surface area contributed by atoms with Crippen LogP contribution in [0.5, 0.6) is 0 Å². The molecule has 1 amide bonds. The fraction of sp³-hybridized carbons (Fsp3) is 0.278. The third-order valence-corrected chi connectivity index (χ3v) is 5.72. The maximum absolute atomic E-state index is 13.0. The highest BCUT2D eigenvalue weighted by Crippen LogP contribution is 2.30. The average molecular weight is 408 g/mol. The Balaban J connectivity index is 2.24. The van der Waals surface area contributed by atoms with Crippen LogP contribution in [0.3, 0.4) is 0 Å². The zero-order chi connectivity index (χ0) is 19.9. The number of carbonyl (C=O) groups is 1. The molecule has 2 N–H and O–H groups in total. The van der Waals surface area contributed by atoms with Gasteiger partial charge in [-0.2, -0.15) is 0 Å². The lowest BCUT2D eigenvalue weighted by atomic mass is 10.1. The van der Waals surface area contributed by atoms with Gasteiger partial charge < -0.3 is 15.0 Å². The number of halogens is 1. The summed E-state index contributed by atoms with van der Waals surface area (Å²) in [6, 6.07) is 6.26. The molecule has 3 rings (SSSR count). The lowest BCUT2D eigenvalue weighted by Gasteiger charge is -2.20. The molecule has 0 bridgehead atoms. The number of thiophene rings is 1. The Morgan fingerprint density at radius 1 is 1.37 bits per heavy atom. The van der Waals surface area contributed by atoms with Crippen LogP contribution >= 0.6 is 22.9 Å². The number of fused-ring (bicyclic) bond motifs is 1. The highest BCUT2D eigenvalue weighted by Gasteiger charge is 2.22. The molecule has 0 aliphatic carbocycles. The molecule has 0 unspecified atom stereocenters. The monoisotopic (exact) mass is 407 g/mol. The number of nitrogens with one attached hydrogen (secondary N) is 1. The number of hydrogen-bond donors (Lipinski definition) is 2. The molecule has 0 aliphatic heterocycles. The number of carbonyl (C=O) groups excluding carboxylic acids is 1. The Kier molecular flexibility index (Phi) is 5.23. The molecule has 7 nitrogen and oxygen atoms in total.